The molecular weight excluding hydrogens is 346 g/mol. The van der Waals surface area contributed by atoms with E-state index in [1.807, 2.05) is 24.8 Å². The van der Waals surface area contributed by atoms with Crippen molar-refractivity contribution in [3.63, 3.8) is 0 Å². The number of nitrogens with zero attached hydrogens (tertiary/aromatic N) is 2. The molecule has 7 nitrogen and oxygen atoms in total. The molecule has 0 unspecified atom stereocenters. The summed E-state index contributed by atoms with van der Waals surface area (Å²) in [5.74, 6) is 2.64. The molecule has 2 N–H and O–H groups in total. The van der Waals surface area contributed by atoms with Crippen LogP contribution in [0.5, 0.6) is 0 Å². The van der Waals surface area contributed by atoms with Crippen molar-refractivity contribution in [3.05, 3.63) is 36.4 Å². The summed E-state index contributed by atoms with van der Waals surface area (Å²) in [7, 11) is -1.50. The van der Waals surface area contributed by atoms with E-state index in [4.69, 9.17) is 14.4 Å². The molecule has 0 aromatic carbocycles. The van der Waals surface area contributed by atoms with Crippen molar-refractivity contribution >= 4 is 7.91 Å². The minimum absolute atomic E-state index is 1.17. The van der Waals surface area contributed by atoms with Gasteiger partial charge in [0.05, 0.1) is 14.1 Å². The highest BCUT2D eigenvalue weighted by molar-refractivity contribution is 7.42. The van der Waals surface area contributed by atoms with Crippen molar-refractivity contribution in [2.24, 2.45) is 14.1 Å². The predicted octanol–water partition coefficient (Wildman–Crippen LogP) is 1.15. The van der Waals surface area contributed by atoms with E-state index in [0.29, 0.717) is 0 Å². The van der Waals surface area contributed by atoms with Gasteiger partial charge in [0.25, 0.3) is 11.6 Å². The molecule has 0 saturated carbocycles. The molecule has 9 heteroatoms. The van der Waals surface area contributed by atoms with Crippen LogP contribution in [0.3, 0.4) is 0 Å². The van der Waals surface area contributed by atoms with Crippen LogP contribution in [0.1, 0.15) is 51.2 Å². The van der Waals surface area contributed by atoms with Crippen molar-refractivity contribution < 1.29 is 27.7 Å². The van der Waals surface area contributed by atoms with Crippen LogP contribution in [0.4, 0.5) is 4.20 Å². The van der Waals surface area contributed by atoms with Crippen molar-refractivity contribution in [1.82, 2.24) is 9.97 Å². The average Bonchev–Trinajstić information content (AvgIpc) is 3.10. The zero-order chi connectivity index (χ0) is 19.3. The highest BCUT2D eigenvalue weighted by Crippen LogP contribution is 2.22. The molecule has 0 spiro atoms. The van der Waals surface area contributed by atoms with Gasteiger partial charge in [-0.3, -0.25) is 0 Å². The number of H-pyrrole nitrogens is 2. The molecule has 0 radical (unpaired) electrons. The Kier molecular flexibility index (Phi) is 12.0. The number of nitrogens with one attached hydrogen (secondary N) is 2. The van der Waals surface area contributed by atoms with Crippen LogP contribution in [-0.2, 0) is 31.5 Å². The Morgan fingerprint density at radius 3 is 1.48 bits per heavy atom. The monoisotopic (exact) mass is 376 g/mol. The number of unbranched alkanes of at least 4 members (excludes halogenated alkanes) is 2. The highest BCUT2D eigenvalue weighted by Gasteiger charge is 2.04. The summed E-state index contributed by atoms with van der Waals surface area (Å²) in [6, 6.07) is 0. The molecule has 2 rings (SSSR count). The third-order valence-electron chi connectivity index (χ3n) is 3.48. The van der Waals surface area contributed by atoms with Gasteiger partial charge in [-0.05, 0) is 12.8 Å². The molecule has 0 amide bonds. The minimum atomic E-state index is -5.64. The fourth-order valence-corrected chi connectivity index (χ4v) is 2.06. The third-order valence-corrected chi connectivity index (χ3v) is 3.48. The minimum Gasteiger partial charge on any atom is -0.786 e. The molecule has 25 heavy (non-hydrogen) atoms. The summed E-state index contributed by atoms with van der Waals surface area (Å²) < 4.78 is 22.8. The second-order valence-electron chi connectivity index (χ2n) is 5.67. The molecule has 2 aromatic heterocycles. The van der Waals surface area contributed by atoms with Gasteiger partial charge < -0.3 is 14.4 Å². The molecule has 0 fully saturated rings. The van der Waals surface area contributed by atoms with E-state index in [1.54, 1.807) is 0 Å². The Morgan fingerprint density at radius 1 is 0.960 bits per heavy atom. The molecule has 144 valence electrons. The quantitative estimate of drug-likeness (QED) is 0.584. The number of rotatable bonds is 6. The SMILES string of the molecule is CCCCc1[nH]cc[n+]1C.CCCCc1[nH]cc[n+]1C.O=P([O-])([O-])F. The predicted molar refractivity (Wildman–Crippen MR) is 89.9 cm³/mol. The summed E-state index contributed by atoms with van der Waals surface area (Å²) in [6.45, 7) is 4.42. The van der Waals surface area contributed by atoms with Gasteiger partial charge in [-0.2, -0.15) is 0 Å². The standard InChI is InChI=1S/2C8H14N2.FH2O3P/c2*1-3-4-5-8-9-6-7-10(8)2;1-5(2,3)4/h2*6-7H,3-5H2,1-2H3;(H2,2,3,4). The average molecular weight is 376 g/mol. The first-order valence-electron chi connectivity index (χ1n) is 8.44. The van der Waals surface area contributed by atoms with Crippen LogP contribution >= 0.6 is 7.91 Å². The molecular formula is C16H30FN4O3P. The van der Waals surface area contributed by atoms with Crippen molar-refractivity contribution in [3.8, 4) is 0 Å². The number of aryl methyl sites for hydroxylation is 4. The maximum atomic E-state index is 10.1. The van der Waals surface area contributed by atoms with E-state index in [9.17, 15) is 4.20 Å². The molecule has 0 aliphatic rings. The molecule has 2 heterocycles. The van der Waals surface area contributed by atoms with E-state index in [2.05, 4.69) is 47.0 Å². The van der Waals surface area contributed by atoms with Crippen molar-refractivity contribution in [1.29, 1.82) is 0 Å². The van der Waals surface area contributed by atoms with Crippen LogP contribution < -0.4 is 18.9 Å². The zero-order valence-corrected chi connectivity index (χ0v) is 16.4. The normalized spacial score (nSPS) is 10.5. The number of hydrogen-bond donors (Lipinski definition) is 2. The summed E-state index contributed by atoms with van der Waals surface area (Å²) in [4.78, 5) is 23.3. The first-order valence-corrected chi connectivity index (χ1v) is 9.87. The summed E-state index contributed by atoms with van der Waals surface area (Å²) in [5.41, 5.74) is 0. The molecule has 0 atom stereocenters. The maximum absolute atomic E-state index is 10.1. The number of imidazole rings is 2. The molecule has 2 aromatic rings. The topological polar surface area (TPSA) is 103 Å². The fraction of sp³-hybridized carbons (Fsp3) is 0.625. The van der Waals surface area contributed by atoms with E-state index in [0.717, 1.165) is 0 Å². The second kappa shape index (κ2) is 12.8. The van der Waals surface area contributed by atoms with Gasteiger partial charge in [0.15, 0.2) is 0 Å². The summed E-state index contributed by atoms with van der Waals surface area (Å²) >= 11 is 0. The zero-order valence-electron chi connectivity index (χ0n) is 15.5. The number of aromatic nitrogens is 4. The van der Waals surface area contributed by atoms with Gasteiger partial charge in [0, 0.05) is 12.8 Å². The largest absolute Gasteiger partial charge is 0.786 e. The Morgan fingerprint density at radius 2 is 1.28 bits per heavy atom. The van der Waals surface area contributed by atoms with Gasteiger partial charge in [-0.25, -0.2) is 23.3 Å². The van der Waals surface area contributed by atoms with Crippen molar-refractivity contribution in [2.75, 3.05) is 0 Å². The smallest absolute Gasteiger partial charge is 0.253 e. The van der Waals surface area contributed by atoms with Crippen LogP contribution in [0.25, 0.3) is 0 Å². The number of halogens is 1. The van der Waals surface area contributed by atoms with Crippen LogP contribution in [0.2, 0.25) is 0 Å². The van der Waals surface area contributed by atoms with Gasteiger partial charge in [0.2, 0.25) is 0 Å². The first kappa shape index (κ1) is 23.5. The highest BCUT2D eigenvalue weighted by atomic mass is 31.2. The third kappa shape index (κ3) is 13.5. The Balaban J connectivity index is 0.000000368. The van der Waals surface area contributed by atoms with E-state index in [1.165, 1.54) is 50.2 Å². The maximum Gasteiger partial charge on any atom is 0.253 e. The Bertz CT molecular complexity index is 572. The van der Waals surface area contributed by atoms with Gasteiger partial charge >= 0.3 is 0 Å². The summed E-state index contributed by atoms with van der Waals surface area (Å²) in [5, 5.41) is 0. The molecule has 0 bridgehead atoms. The lowest BCUT2D eigenvalue weighted by molar-refractivity contribution is -0.678. The lowest BCUT2D eigenvalue weighted by Crippen LogP contribution is -2.30. The first-order chi connectivity index (χ1) is 11.7. The van der Waals surface area contributed by atoms with Gasteiger partial charge in [-0.15, -0.1) is 0 Å². The van der Waals surface area contributed by atoms with Crippen LogP contribution in [-0.4, -0.2) is 9.97 Å². The van der Waals surface area contributed by atoms with E-state index >= 15 is 0 Å². The fourth-order valence-electron chi connectivity index (χ4n) is 2.06. The van der Waals surface area contributed by atoms with Crippen LogP contribution in [0.15, 0.2) is 24.8 Å². The molecule has 0 saturated heterocycles. The molecule has 0 aliphatic carbocycles. The van der Waals surface area contributed by atoms with E-state index in [-0.39, 0.29) is 0 Å². The number of aromatic amines is 2. The van der Waals surface area contributed by atoms with Gasteiger partial charge in [-0.1, -0.05) is 26.7 Å². The van der Waals surface area contributed by atoms with Crippen molar-refractivity contribution in [2.45, 2.75) is 52.4 Å². The van der Waals surface area contributed by atoms with Gasteiger partial charge in [0.1, 0.15) is 32.7 Å². The molecule has 0 aliphatic heterocycles. The lowest BCUT2D eigenvalue weighted by atomic mass is 10.2. The second-order valence-corrected chi connectivity index (χ2v) is 6.53. The van der Waals surface area contributed by atoms with Crippen LogP contribution in [0, 0.1) is 0 Å². The number of hydrogen-bond acceptors (Lipinski definition) is 3. The summed E-state index contributed by atoms with van der Waals surface area (Å²) in [6.07, 6.45) is 15.5. The Labute approximate surface area is 149 Å². The lowest BCUT2D eigenvalue weighted by Gasteiger charge is -2.15. The Hall–Kier alpha value is -1.50. The van der Waals surface area contributed by atoms with E-state index < -0.39 is 7.91 Å².